The van der Waals surface area contributed by atoms with Crippen LogP contribution in [0.3, 0.4) is 0 Å². The Hall–Kier alpha value is -3.44. The molecule has 0 aliphatic heterocycles. The molecule has 0 unspecified atom stereocenters. The van der Waals surface area contributed by atoms with Gasteiger partial charge in [-0.25, -0.2) is 15.3 Å². The first-order valence-electron chi connectivity index (χ1n) is 11.0. The molecule has 8 N–H and O–H groups in total. The number of fused-ring (bicyclic) bond motifs is 1. The van der Waals surface area contributed by atoms with E-state index in [1.165, 1.54) is 27.9 Å². The molecule has 3 aromatic rings. The molecule has 0 atom stereocenters. The van der Waals surface area contributed by atoms with E-state index >= 15 is 0 Å². The Bertz CT molecular complexity index is 1220. The van der Waals surface area contributed by atoms with Crippen molar-refractivity contribution in [1.82, 2.24) is 19.9 Å². The van der Waals surface area contributed by atoms with E-state index in [9.17, 15) is 9.90 Å². The summed E-state index contributed by atoms with van der Waals surface area (Å²) in [5, 5.41) is 23.1. The normalized spacial score (nSPS) is 14.4. The van der Waals surface area contributed by atoms with Crippen LogP contribution in [-0.2, 0) is 5.40 Å². The van der Waals surface area contributed by atoms with E-state index < -0.39 is 5.40 Å². The minimum atomic E-state index is -2.11. The van der Waals surface area contributed by atoms with Gasteiger partial charge in [0.1, 0.15) is 15.7 Å². The predicted molar refractivity (Wildman–Crippen MR) is 134 cm³/mol. The second-order valence-electron chi connectivity index (χ2n) is 8.54. The average molecular weight is 459 g/mol. The van der Waals surface area contributed by atoms with Crippen LogP contribution in [0.2, 0.25) is 0 Å². The first-order valence-corrected chi connectivity index (χ1v) is 11.0. The van der Waals surface area contributed by atoms with E-state index in [4.69, 9.17) is 27.3 Å². The summed E-state index contributed by atoms with van der Waals surface area (Å²) in [5.41, 5.74) is 8.97. The molecule has 1 aliphatic carbocycles. The molecular weight excluding hydrogens is 432 g/mol. The molecule has 1 aliphatic rings. The van der Waals surface area contributed by atoms with Crippen molar-refractivity contribution in [2.75, 3.05) is 35.5 Å². The number of amides is 1. The van der Waals surface area contributed by atoms with Crippen LogP contribution in [0.25, 0.3) is 5.65 Å². The van der Waals surface area contributed by atoms with Crippen molar-refractivity contribution in [3.05, 3.63) is 35.7 Å². The van der Waals surface area contributed by atoms with E-state index in [0.29, 0.717) is 34.2 Å². The average Bonchev–Trinajstić information content (AvgIpc) is 3.43. The SMILES string of the molecule is [B]C([B])(O)c1cc(Nc2cc(NC)c3ncc(C(=O)NC4CCCC4)n3n2)c(N)c(N(C)N)c1. The Morgan fingerprint density at radius 3 is 2.59 bits per heavy atom. The molecule has 2 aromatic heterocycles. The molecule has 0 spiro atoms. The van der Waals surface area contributed by atoms with Gasteiger partial charge in [0.2, 0.25) is 0 Å². The zero-order valence-electron chi connectivity index (χ0n) is 19.2. The molecule has 1 amide bonds. The highest BCUT2D eigenvalue weighted by Crippen LogP contribution is 2.35. The van der Waals surface area contributed by atoms with Gasteiger partial charge in [-0.1, -0.05) is 12.8 Å². The zero-order chi connectivity index (χ0) is 24.6. The van der Waals surface area contributed by atoms with Gasteiger partial charge in [0, 0.05) is 31.6 Å². The van der Waals surface area contributed by atoms with E-state index in [2.05, 4.69) is 26.0 Å². The first kappa shape index (κ1) is 23.7. The third-order valence-electron chi connectivity index (χ3n) is 5.92. The van der Waals surface area contributed by atoms with Crippen LogP contribution in [0.1, 0.15) is 41.7 Å². The number of hydrazine groups is 1. The second-order valence-corrected chi connectivity index (χ2v) is 8.54. The lowest BCUT2D eigenvalue weighted by Crippen LogP contribution is -2.33. The number of hydrogen-bond donors (Lipinski definition) is 6. The third kappa shape index (κ3) is 4.61. The number of nitrogens with one attached hydrogen (secondary N) is 3. The molecule has 13 heteroatoms. The molecular formula is C21H27B2N9O2. The first-order chi connectivity index (χ1) is 16.1. The fourth-order valence-corrected chi connectivity index (χ4v) is 4.10. The van der Waals surface area contributed by atoms with Crippen LogP contribution < -0.4 is 32.5 Å². The van der Waals surface area contributed by atoms with Crippen LogP contribution in [0.5, 0.6) is 0 Å². The van der Waals surface area contributed by atoms with Crippen LogP contribution in [0.4, 0.5) is 28.6 Å². The number of nitrogens with two attached hydrogens (primary N) is 2. The number of nitrogen functional groups attached to an aromatic ring is 1. The maximum absolute atomic E-state index is 12.9. The maximum atomic E-state index is 12.9. The van der Waals surface area contributed by atoms with Crippen molar-refractivity contribution in [1.29, 1.82) is 0 Å². The highest BCUT2D eigenvalue weighted by molar-refractivity contribution is 6.38. The number of aromatic nitrogens is 3. The van der Waals surface area contributed by atoms with E-state index in [0.717, 1.165) is 25.7 Å². The van der Waals surface area contributed by atoms with Crippen LogP contribution in [0, 0.1) is 0 Å². The van der Waals surface area contributed by atoms with E-state index in [1.54, 1.807) is 20.2 Å². The van der Waals surface area contributed by atoms with Gasteiger partial charge >= 0.3 is 0 Å². The van der Waals surface area contributed by atoms with Crippen LogP contribution in [-0.4, -0.2) is 61.4 Å². The lowest BCUT2D eigenvalue weighted by Gasteiger charge is -2.25. The number of hydrogen-bond acceptors (Lipinski definition) is 9. The highest BCUT2D eigenvalue weighted by atomic mass is 16.3. The molecule has 2 heterocycles. The Balaban J connectivity index is 1.75. The van der Waals surface area contributed by atoms with Crippen molar-refractivity contribution >= 4 is 55.8 Å². The molecule has 1 aromatic carbocycles. The molecule has 0 saturated heterocycles. The highest BCUT2D eigenvalue weighted by Gasteiger charge is 2.23. The van der Waals surface area contributed by atoms with Gasteiger partial charge in [0.05, 0.1) is 28.9 Å². The van der Waals surface area contributed by atoms with Crippen molar-refractivity contribution in [3.63, 3.8) is 0 Å². The summed E-state index contributed by atoms with van der Waals surface area (Å²) in [6.45, 7) is 0. The third-order valence-corrected chi connectivity index (χ3v) is 5.92. The minimum absolute atomic E-state index is 0.156. The Labute approximate surface area is 200 Å². The Morgan fingerprint density at radius 1 is 1.26 bits per heavy atom. The summed E-state index contributed by atoms with van der Waals surface area (Å²) < 4.78 is 1.47. The molecule has 4 rings (SSSR count). The molecule has 1 saturated carbocycles. The van der Waals surface area contributed by atoms with Gasteiger partial charge in [0.25, 0.3) is 5.91 Å². The largest absolute Gasteiger partial charge is 0.405 e. The van der Waals surface area contributed by atoms with Crippen molar-refractivity contribution < 1.29 is 9.90 Å². The van der Waals surface area contributed by atoms with Gasteiger partial charge < -0.3 is 31.8 Å². The minimum Gasteiger partial charge on any atom is -0.405 e. The second kappa shape index (κ2) is 9.07. The molecule has 11 nitrogen and oxygen atoms in total. The van der Waals surface area contributed by atoms with Crippen molar-refractivity contribution in [2.45, 2.75) is 37.1 Å². The van der Waals surface area contributed by atoms with E-state index in [-0.39, 0.29) is 23.2 Å². The van der Waals surface area contributed by atoms with Crippen LogP contribution >= 0.6 is 0 Å². The number of nitrogens with zero attached hydrogens (tertiary/aromatic N) is 4. The summed E-state index contributed by atoms with van der Waals surface area (Å²) >= 11 is 0. The van der Waals surface area contributed by atoms with E-state index in [1.807, 2.05) is 0 Å². The van der Waals surface area contributed by atoms with Gasteiger partial charge in [-0.15, -0.1) is 5.10 Å². The lowest BCUT2D eigenvalue weighted by atomic mass is 9.61. The molecule has 1 fully saturated rings. The summed E-state index contributed by atoms with van der Waals surface area (Å²) in [5.74, 6) is 6.01. The smallest absolute Gasteiger partial charge is 0.271 e. The van der Waals surface area contributed by atoms with Crippen molar-refractivity contribution in [3.8, 4) is 0 Å². The van der Waals surface area contributed by atoms with Gasteiger partial charge in [0.15, 0.2) is 17.2 Å². The molecule has 34 heavy (non-hydrogen) atoms. The van der Waals surface area contributed by atoms with Crippen LogP contribution in [0.15, 0.2) is 24.4 Å². The Kier molecular flexibility index (Phi) is 6.32. The summed E-state index contributed by atoms with van der Waals surface area (Å²) in [4.78, 5) is 17.3. The number of imidazole rings is 1. The predicted octanol–water partition coefficient (Wildman–Crippen LogP) is 0.519. The standard InChI is InChI=1S/C21H27B2N9O2/c1-26-14-9-17(29-13-7-11(21(22,23)34)8-15(18(13)24)31(2)25)30-32-16(10-27-19(14)32)20(33)28-12-5-3-4-6-12/h7-10,12,26,34H,3-6,24-25H2,1-2H3,(H,28,33)(H,29,30). The number of rotatable bonds is 7. The fraction of sp³-hybridized carbons (Fsp3) is 0.381. The topological polar surface area (TPSA) is 159 Å². The molecule has 0 bridgehead atoms. The maximum Gasteiger partial charge on any atom is 0.271 e. The fourth-order valence-electron chi connectivity index (χ4n) is 4.10. The van der Waals surface area contributed by atoms with Gasteiger partial charge in [-0.05, 0) is 30.5 Å². The summed E-state index contributed by atoms with van der Waals surface area (Å²) in [7, 11) is 14.7. The van der Waals surface area contributed by atoms with Crippen molar-refractivity contribution in [2.24, 2.45) is 5.84 Å². The monoisotopic (exact) mass is 459 g/mol. The quantitative estimate of drug-likeness (QED) is 0.128. The number of carbonyl (C=O) groups excluding carboxylic acids is 1. The number of benzene rings is 1. The summed E-state index contributed by atoms with van der Waals surface area (Å²) in [6, 6.07) is 4.88. The van der Waals surface area contributed by atoms with Gasteiger partial charge in [-0.3, -0.25) is 4.79 Å². The molecule has 174 valence electrons. The zero-order valence-corrected chi connectivity index (χ0v) is 19.2. The lowest BCUT2D eigenvalue weighted by molar-refractivity contribution is 0.0931. The number of anilines is 5. The Morgan fingerprint density at radius 2 is 1.97 bits per heavy atom. The number of carbonyl (C=O) groups is 1. The molecule has 4 radical (unpaired) electrons. The summed E-state index contributed by atoms with van der Waals surface area (Å²) in [6.07, 6.45) is 5.64. The van der Waals surface area contributed by atoms with Gasteiger partial charge in [-0.2, -0.15) is 0 Å². The number of aliphatic hydroxyl groups is 1.